The second kappa shape index (κ2) is 6.85. The Morgan fingerprint density at radius 1 is 1.00 bits per heavy atom. The lowest BCUT2D eigenvalue weighted by Gasteiger charge is -2.14. The van der Waals surface area contributed by atoms with E-state index in [1.54, 1.807) is 36.4 Å². The Hall–Kier alpha value is -2.69. The lowest BCUT2D eigenvalue weighted by molar-refractivity contribution is -0.114. The minimum absolute atomic E-state index is 0.165. The molecule has 0 aliphatic carbocycles. The van der Waals surface area contributed by atoms with Gasteiger partial charge in [-0.05, 0) is 48.9 Å². The highest BCUT2D eigenvalue weighted by atomic mass is 19.1. The summed E-state index contributed by atoms with van der Waals surface area (Å²) in [5, 5.41) is 5.48. The van der Waals surface area contributed by atoms with E-state index in [-0.39, 0.29) is 23.7 Å². The third kappa shape index (κ3) is 4.15. The molecule has 2 rings (SSSR count). The number of carbonyl (C=O) groups is 2. The standard InChI is InChI=1S/C17H17FN2O2/c1-11(13-3-7-15(18)8-4-13)19-17(22)14-5-9-16(10-6-14)20-12(2)21/h3-11H,1-2H3,(H,19,22)(H,20,21)/t11-/m1/s1. The Bertz CT molecular complexity index is 666. The van der Waals surface area contributed by atoms with Crippen LogP contribution in [0.1, 0.15) is 35.8 Å². The molecule has 22 heavy (non-hydrogen) atoms. The summed E-state index contributed by atoms with van der Waals surface area (Å²) in [6, 6.07) is 12.4. The van der Waals surface area contributed by atoms with Crippen LogP contribution >= 0.6 is 0 Å². The molecule has 0 saturated heterocycles. The van der Waals surface area contributed by atoms with E-state index in [2.05, 4.69) is 10.6 Å². The Morgan fingerprint density at radius 3 is 2.14 bits per heavy atom. The van der Waals surface area contributed by atoms with Gasteiger partial charge in [-0.1, -0.05) is 12.1 Å². The fourth-order valence-corrected chi connectivity index (χ4v) is 2.02. The van der Waals surface area contributed by atoms with Crippen LogP contribution in [0.4, 0.5) is 10.1 Å². The van der Waals surface area contributed by atoms with Crippen molar-refractivity contribution < 1.29 is 14.0 Å². The fraction of sp³-hybridized carbons (Fsp3) is 0.176. The zero-order valence-electron chi connectivity index (χ0n) is 12.4. The summed E-state index contributed by atoms with van der Waals surface area (Å²) < 4.78 is 12.9. The SMILES string of the molecule is CC(=O)Nc1ccc(C(=O)N[C@H](C)c2ccc(F)cc2)cc1. The van der Waals surface area contributed by atoms with Gasteiger partial charge in [0, 0.05) is 18.2 Å². The van der Waals surface area contributed by atoms with Gasteiger partial charge in [0.25, 0.3) is 5.91 Å². The van der Waals surface area contributed by atoms with Crippen LogP contribution in [0.5, 0.6) is 0 Å². The summed E-state index contributed by atoms with van der Waals surface area (Å²) >= 11 is 0. The number of rotatable bonds is 4. The molecule has 1 atom stereocenters. The zero-order chi connectivity index (χ0) is 16.1. The molecule has 2 N–H and O–H groups in total. The van der Waals surface area contributed by atoms with Gasteiger partial charge in [0.2, 0.25) is 5.91 Å². The van der Waals surface area contributed by atoms with Crippen molar-refractivity contribution in [2.75, 3.05) is 5.32 Å². The molecule has 5 heteroatoms. The number of halogens is 1. The highest BCUT2D eigenvalue weighted by Crippen LogP contribution is 2.15. The predicted molar refractivity (Wildman–Crippen MR) is 83.0 cm³/mol. The number of amides is 2. The van der Waals surface area contributed by atoms with E-state index in [0.717, 1.165) is 5.56 Å². The van der Waals surface area contributed by atoms with Crippen molar-refractivity contribution >= 4 is 17.5 Å². The Labute approximate surface area is 128 Å². The number of nitrogens with one attached hydrogen (secondary N) is 2. The van der Waals surface area contributed by atoms with Crippen LogP contribution < -0.4 is 10.6 Å². The molecular weight excluding hydrogens is 283 g/mol. The summed E-state index contributed by atoms with van der Waals surface area (Å²) in [5.41, 5.74) is 1.95. The van der Waals surface area contributed by atoms with Gasteiger partial charge in [0.15, 0.2) is 0 Å². The van der Waals surface area contributed by atoms with Crippen molar-refractivity contribution in [2.24, 2.45) is 0 Å². The molecule has 0 aliphatic heterocycles. The maximum atomic E-state index is 12.9. The van der Waals surface area contributed by atoms with E-state index in [1.165, 1.54) is 19.1 Å². The van der Waals surface area contributed by atoms with Crippen LogP contribution in [-0.2, 0) is 4.79 Å². The van der Waals surface area contributed by atoms with Crippen LogP contribution in [0, 0.1) is 5.82 Å². The maximum Gasteiger partial charge on any atom is 0.251 e. The van der Waals surface area contributed by atoms with Gasteiger partial charge in [0.05, 0.1) is 6.04 Å². The van der Waals surface area contributed by atoms with Crippen LogP contribution in [0.2, 0.25) is 0 Å². The molecule has 0 aromatic heterocycles. The highest BCUT2D eigenvalue weighted by Gasteiger charge is 2.11. The molecule has 2 amide bonds. The molecule has 0 unspecified atom stereocenters. The molecule has 0 radical (unpaired) electrons. The van der Waals surface area contributed by atoms with Gasteiger partial charge >= 0.3 is 0 Å². The summed E-state index contributed by atoms with van der Waals surface area (Å²) in [4.78, 5) is 23.1. The van der Waals surface area contributed by atoms with Crippen molar-refractivity contribution in [2.45, 2.75) is 19.9 Å². The van der Waals surface area contributed by atoms with Gasteiger partial charge in [-0.3, -0.25) is 9.59 Å². The van der Waals surface area contributed by atoms with E-state index in [0.29, 0.717) is 11.3 Å². The molecule has 0 heterocycles. The quantitative estimate of drug-likeness (QED) is 0.910. The largest absolute Gasteiger partial charge is 0.346 e. The Morgan fingerprint density at radius 2 is 1.59 bits per heavy atom. The first kappa shape index (κ1) is 15.7. The van der Waals surface area contributed by atoms with Crippen molar-refractivity contribution in [1.29, 1.82) is 0 Å². The van der Waals surface area contributed by atoms with Crippen LogP contribution in [0.15, 0.2) is 48.5 Å². The lowest BCUT2D eigenvalue weighted by Crippen LogP contribution is -2.26. The molecule has 4 nitrogen and oxygen atoms in total. The minimum atomic E-state index is -0.309. The summed E-state index contributed by atoms with van der Waals surface area (Å²) in [5.74, 6) is -0.704. The van der Waals surface area contributed by atoms with Crippen molar-refractivity contribution in [3.8, 4) is 0 Å². The number of hydrogen-bond donors (Lipinski definition) is 2. The first-order valence-electron chi connectivity index (χ1n) is 6.89. The normalized spacial score (nSPS) is 11.6. The molecule has 0 bridgehead atoms. The number of hydrogen-bond acceptors (Lipinski definition) is 2. The Balaban J connectivity index is 2.02. The molecule has 0 spiro atoms. The highest BCUT2D eigenvalue weighted by molar-refractivity contribution is 5.95. The van der Waals surface area contributed by atoms with Crippen LogP contribution in [-0.4, -0.2) is 11.8 Å². The average molecular weight is 300 g/mol. The van der Waals surface area contributed by atoms with E-state index >= 15 is 0 Å². The molecule has 2 aromatic carbocycles. The van der Waals surface area contributed by atoms with E-state index in [4.69, 9.17) is 0 Å². The third-order valence-corrected chi connectivity index (χ3v) is 3.19. The van der Waals surface area contributed by atoms with Gasteiger partial charge in [0.1, 0.15) is 5.82 Å². The molecule has 0 aliphatic rings. The van der Waals surface area contributed by atoms with Crippen molar-refractivity contribution in [3.63, 3.8) is 0 Å². The maximum absolute atomic E-state index is 12.9. The second-order valence-electron chi connectivity index (χ2n) is 5.01. The first-order valence-corrected chi connectivity index (χ1v) is 6.89. The van der Waals surface area contributed by atoms with Crippen molar-refractivity contribution in [1.82, 2.24) is 5.32 Å². The van der Waals surface area contributed by atoms with E-state index in [1.807, 2.05) is 6.92 Å². The van der Waals surface area contributed by atoms with Gasteiger partial charge in [-0.25, -0.2) is 4.39 Å². The van der Waals surface area contributed by atoms with Gasteiger partial charge in [-0.2, -0.15) is 0 Å². The molecular formula is C17H17FN2O2. The smallest absolute Gasteiger partial charge is 0.251 e. The third-order valence-electron chi connectivity index (χ3n) is 3.19. The van der Waals surface area contributed by atoms with Crippen LogP contribution in [0.25, 0.3) is 0 Å². The summed E-state index contributed by atoms with van der Waals surface area (Å²) in [6.45, 7) is 3.25. The first-order chi connectivity index (χ1) is 10.5. The van der Waals surface area contributed by atoms with Crippen molar-refractivity contribution in [3.05, 3.63) is 65.5 Å². The van der Waals surface area contributed by atoms with Gasteiger partial charge < -0.3 is 10.6 Å². The zero-order valence-corrected chi connectivity index (χ0v) is 12.4. The second-order valence-corrected chi connectivity index (χ2v) is 5.01. The Kier molecular flexibility index (Phi) is 4.88. The molecule has 0 fully saturated rings. The molecule has 2 aromatic rings. The summed E-state index contributed by atoms with van der Waals surface area (Å²) in [6.07, 6.45) is 0. The topological polar surface area (TPSA) is 58.2 Å². The minimum Gasteiger partial charge on any atom is -0.346 e. The van der Waals surface area contributed by atoms with Crippen LogP contribution in [0.3, 0.4) is 0 Å². The number of benzene rings is 2. The molecule has 114 valence electrons. The summed E-state index contributed by atoms with van der Waals surface area (Å²) in [7, 11) is 0. The number of carbonyl (C=O) groups excluding carboxylic acids is 2. The van der Waals surface area contributed by atoms with E-state index in [9.17, 15) is 14.0 Å². The fourth-order valence-electron chi connectivity index (χ4n) is 2.02. The predicted octanol–water partition coefficient (Wildman–Crippen LogP) is 3.28. The molecule has 0 saturated carbocycles. The average Bonchev–Trinajstić information content (AvgIpc) is 2.48. The lowest BCUT2D eigenvalue weighted by atomic mass is 10.1. The number of anilines is 1. The monoisotopic (exact) mass is 300 g/mol. The van der Waals surface area contributed by atoms with E-state index < -0.39 is 0 Å². The van der Waals surface area contributed by atoms with Gasteiger partial charge in [-0.15, -0.1) is 0 Å².